The molecule has 134 valence electrons. The zero-order valence-corrected chi connectivity index (χ0v) is 16.1. The first-order valence-corrected chi connectivity index (χ1v) is 9.20. The first kappa shape index (κ1) is 18.1. The Hall–Kier alpha value is -2.73. The molecule has 3 aromatic rings. The van der Waals surface area contributed by atoms with Crippen LogP contribution in [-0.4, -0.2) is 15.7 Å². The van der Waals surface area contributed by atoms with Crippen molar-refractivity contribution in [3.8, 4) is 10.6 Å². The van der Waals surface area contributed by atoms with Crippen LogP contribution in [0.25, 0.3) is 10.6 Å². The smallest absolute Gasteiger partial charge is 0.267 e. The summed E-state index contributed by atoms with van der Waals surface area (Å²) in [5, 5.41) is 9.28. The molecule has 0 aliphatic heterocycles. The van der Waals surface area contributed by atoms with Gasteiger partial charge in [-0.1, -0.05) is 12.1 Å². The van der Waals surface area contributed by atoms with Crippen molar-refractivity contribution in [3.63, 3.8) is 0 Å². The molecular weight excluding hydrogens is 346 g/mol. The van der Waals surface area contributed by atoms with Crippen LogP contribution in [0, 0.1) is 13.8 Å². The summed E-state index contributed by atoms with van der Waals surface area (Å²) in [4.78, 5) is 26.2. The maximum absolute atomic E-state index is 12.9. The van der Waals surface area contributed by atoms with Gasteiger partial charge in [-0.3, -0.25) is 9.59 Å². The molecule has 1 aromatic carbocycles. The van der Waals surface area contributed by atoms with Gasteiger partial charge in [0.1, 0.15) is 11.2 Å². The van der Waals surface area contributed by atoms with E-state index in [0.29, 0.717) is 11.4 Å². The molecule has 1 N–H and O–H groups in total. The standard InChI is InChI=1S/C20H21N3O2S/c1-13-7-8-15(12-14(13)2)21-19(25)20(3,4)23-18(24)10-9-16(22-23)17-6-5-11-26-17/h5-12H,1-4H3,(H,21,25). The molecule has 0 saturated heterocycles. The Bertz CT molecular complexity index is 1000. The van der Waals surface area contributed by atoms with Gasteiger partial charge in [-0.25, -0.2) is 4.68 Å². The van der Waals surface area contributed by atoms with Crippen molar-refractivity contribution in [2.75, 3.05) is 5.32 Å². The normalized spacial score (nSPS) is 11.4. The molecule has 0 unspecified atom stereocenters. The van der Waals surface area contributed by atoms with Gasteiger partial charge in [0, 0.05) is 11.8 Å². The lowest BCUT2D eigenvalue weighted by Crippen LogP contribution is -2.47. The second-order valence-electron chi connectivity index (χ2n) is 6.76. The SMILES string of the molecule is Cc1ccc(NC(=O)C(C)(C)n2nc(-c3cccs3)ccc2=O)cc1C. The van der Waals surface area contributed by atoms with Gasteiger partial charge in [0.25, 0.3) is 11.5 Å². The molecule has 5 nitrogen and oxygen atoms in total. The molecule has 3 rings (SSSR count). The Morgan fingerprint density at radius 3 is 2.54 bits per heavy atom. The van der Waals surface area contributed by atoms with E-state index in [1.807, 2.05) is 49.6 Å². The van der Waals surface area contributed by atoms with Crippen LogP contribution in [0.1, 0.15) is 25.0 Å². The maximum Gasteiger partial charge on any atom is 0.267 e. The summed E-state index contributed by atoms with van der Waals surface area (Å²) in [6.45, 7) is 7.39. The minimum Gasteiger partial charge on any atom is -0.324 e. The van der Waals surface area contributed by atoms with Gasteiger partial charge in [0.2, 0.25) is 0 Å². The van der Waals surface area contributed by atoms with Crippen molar-refractivity contribution in [2.45, 2.75) is 33.2 Å². The Morgan fingerprint density at radius 2 is 1.88 bits per heavy atom. The number of nitrogens with one attached hydrogen (secondary N) is 1. The number of rotatable bonds is 4. The highest BCUT2D eigenvalue weighted by Gasteiger charge is 2.32. The topological polar surface area (TPSA) is 64.0 Å². The molecule has 1 amide bonds. The minimum absolute atomic E-state index is 0.293. The zero-order chi connectivity index (χ0) is 18.9. The monoisotopic (exact) mass is 367 g/mol. The van der Waals surface area contributed by atoms with Crippen LogP contribution in [0.2, 0.25) is 0 Å². The first-order chi connectivity index (χ1) is 12.3. The average Bonchev–Trinajstić information content (AvgIpc) is 3.13. The van der Waals surface area contributed by atoms with Crippen LogP contribution < -0.4 is 10.9 Å². The fraction of sp³-hybridized carbons (Fsp3) is 0.250. The summed E-state index contributed by atoms with van der Waals surface area (Å²) in [7, 11) is 0. The van der Waals surface area contributed by atoms with Gasteiger partial charge < -0.3 is 5.32 Å². The Kier molecular flexibility index (Phi) is 4.78. The summed E-state index contributed by atoms with van der Waals surface area (Å²) < 4.78 is 1.25. The molecule has 0 radical (unpaired) electrons. The Morgan fingerprint density at radius 1 is 1.12 bits per heavy atom. The van der Waals surface area contributed by atoms with Crippen LogP contribution in [0.15, 0.2) is 52.6 Å². The molecule has 0 spiro atoms. The molecule has 0 aliphatic carbocycles. The van der Waals surface area contributed by atoms with E-state index in [2.05, 4.69) is 10.4 Å². The predicted octanol–water partition coefficient (Wildman–Crippen LogP) is 3.96. The van der Waals surface area contributed by atoms with Crippen molar-refractivity contribution in [3.05, 3.63) is 69.3 Å². The third-order valence-electron chi connectivity index (χ3n) is 4.42. The van der Waals surface area contributed by atoms with Crippen molar-refractivity contribution < 1.29 is 4.79 Å². The lowest BCUT2D eigenvalue weighted by molar-refractivity contribution is -0.123. The second-order valence-corrected chi connectivity index (χ2v) is 7.71. The quantitative estimate of drug-likeness (QED) is 0.759. The Labute approximate surface area is 156 Å². The average molecular weight is 367 g/mol. The van der Waals surface area contributed by atoms with E-state index in [0.717, 1.165) is 16.0 Å². The summed E-state index contributed by atoms with van der Waals surface area (Å²) in [5.74, 6) is -0.293. The number of carbonyl (C=O) groups is 1. The number of hydrogen-bond donors (Lipinski definition) is 1. The predicted molar refractivity (Wildman–Crippen MR) is 106 cm³/mol. The van der Waals surface area contributed by atoms with Crippen molar-refractivity contribution in [2.24, 2.45) is 0 Å². The highest BCUT2D eigenvalue weighted by molar-refractivity contribution is 7.13. The van der Waals surface area contributed by atoms with Crippen molar-refractivity contribution in [1.82, 2.24) is 9.78 Å². The number of aryl methyl sites for hydroxylation is 2. The summed E-state index contributed by atoms with van der Waals surface area (Å²) >= 11 is 1.54. The van der Waals surface area contributed by atoms with Gasteiger partial charge >= 0.3 is 0 Å². The molecule has 0 bridgehead atoms. The van der Waals surface area contributed by atoms with E-state index in [4.69, 9.17) is 0 Å². The lowest BCUT2D eigenvalue weighted by Gasteiger charge is -2.25. The van der Waals surface area contributed by atoms with Crippen LogP contribution in [0.4, 0.5) is 5.69 Å². The summed E-state index contributed by atoms with van der Waals surface area (Å²) in [6.07, 6.45) is 0. The van der Waals surface area contributed by atoms with E-state index >= 15 is 0 Å². The lowest BCUT2D eigenvalue weighted by atomic mass is 10.0. The third-order valence-corrected chi connectivity index (χ3v) is 5.32. The van der Waals surface area contributed by atoms with Crippen LogP contribution in [0.3, 0.4) is 0 Å². The van der Waals surface area contributed by atoms with Gasteiger partial charge in [-0.05, 0) is 68.5 Å². The third kappa shape index (κ3) is 3.46. The number of benzene rings is 1. The van der Waals surface area contributed by atoms with Gasteiger partial charge in [-0.2, -0.15) is 5.10 Å². The molecule has 0 saturated carbocycles. The molecule has 0 atom stereocenters. The number of carbonyl (C=O) groups excluding carboxylic acids is 1. The van der Waals surface area contributed by atoms with Crippen LogP contribution >= 0.6 is 11.3 Å². The summed E-state index contributed by atoms with van der Waals surface area (Å²) in [5.41, 5.74) is 2.17. The van der Waals surface area contributed by atoms with Gasteiger partial charge in [0.15, 0.2) is 0 Å². The highest BCUT2D eigenvalue weighted by Crippen LogP contribution is 2.23. The molecule has 0 aliphatic rings. The Balaban J connectivity index is 1.93. The number of hydrogen-bond acceptors (Lipinski definition) is 4. The first-order valence-electron chi connectivity index (χ1n) is 8.32. The fourth-order valence-electron chi connectivity index (χ4n) is 2.57. The van der Waals surface area contributed by atoms with E-state index in [1.165, 1.54) is 22.1 Å². The molecule has 2 heterocycles. The van der Waals surface area contributed by atoms with Crippen LogP contribution in [0.5, 0.6) is 0 Å². The zero-order valence-electron chi connectivity index (χ0n) is 15.2. The highest BCUT2D eigenvalue weighted by atomic mass is 32.1. The molecular formula is C20H21N3O2S. The minimum atomic E-state index is -1.14. The molecule has 6 heteroatoms. The van der Waals surface area contributed by atoms with E-state index in [1.54, 1.807) is 19.9 Å². The van der Waals surface area contributed by atoms with Crippen molar-refractivity contribution in [1.29, 1.82) is 0 Å². The molecule has 2 aromatic heterocycles. The molecule has 0 fully saturated rings. The number of nitrogens with zero attached hydrogens (tertiary/aromatic N) is 2. The molecule has 26 heavy (non-hydrogen) atoms. The number of amides is 1. The van der Waals surface area contributed by atoms with Crippen LogP contribution in [-0.2, 0) is 10.3 Å². The van der Waals surface area contributed by atoms with Gasteiger partial charge in [-0.15, -0.1) is 11.3 Å². The maximum atomic E-state index is 12.9. The van der Waals surface area contributed by atoms with Crippen molar-refractivity contribution >= 4 is 22.9 Å². The van der Waals surface area contributed by atoms with E-state index < -0.39 is 5.54 Å². The van der Waals surface area contributed by atoms with E-state index in [9.17, 15) is 9.59 Å². The fourth-order valence-corrected chi connectivity index (χ4v) is 3.26. The number of thiophene rings is 1. The number of aromatic nitrogens is 2. The largest absolute Gasteiger partial charge is 0.324 e. The summed E-state index contributed by atoms with van der Waals surface area (Å²) in [6, 6.07) is 12.7. The van der Waals surface area contributed by atoms with E-state index in [-0.39, 0.29) is 11.5 Å². The second kappa shape index (κ2) is 6.88. The van der Waals surface area contributed by atoms with Gasteiger partial charge in [0.05, 0.1) is 4.88 Å². The number of anilines is 1.